The molecule has 1 aromatic carbocycles. The van der Waals surface area contributed by atoms with Gasteiger partial charge in [0.1, 0.15) is 5.75 Å². The molecule has 2 aliphatic rings. The summed E-state index contributed by atoms with van der Waals surface area (Å²) in [6.07, 6.45) is 12.6. The number of allylic oxidation sites excluding steroid dienone is 1. The molecule has 3 rings (SSSR count). The quantitative estimate of drug-likeness (QED) is 0.736. The van der Waals surface area contributed by atoms with E-state index in [1.54, 1.807) is 0 Å². The fourth-order valence-corrected chi connectivity index (χ4v) is 3.27. The van der Waals surface area contributed by atoms with E-state index in [1.165, 1.54) is 32.1 Å². The van der Waals surface area contributed by atoms with Crippen molar-refractivity contribution in [1.82, 2.24) is 0 Å². The average molecular weight is 284 g/mol. The average Bonchev–Trinajstić information content (AvgIpc) is 2.52. The molecule has 0 unspecified atom stereocenters. The first-order chi connectivity index (χ1) is 10.3. The van der Waals surface area contributed by atoms with Crippen LogP contribution in [-0.4, -0.2) is 11.9 Å². The molecule has 2 aliphatic carbocycles. The molecule has 0 aliphatic heterocycles. The molecular formula is C19H24O2. The molecule has 21 heavy (non-hydrogen) atoms. The van der Waals surface area contributed by atoms with Crippen LogP contribution in [0.4, 0.5) is 0 Å². The number of ether oxygens (including phenoxy) is 1. The first-order valence-corrected chi connectivity index (χ1v) is 8.32. The Kier molecular flexibility index (Phi) is 4.74. The van der Waals surface area contributed by atoms with Crippen molar-refractivity contribution < 1.29 is 9.53 Å². The van der Waals surface area contributed by atoms with E-state index >= 15 is 0 Å². The topological polar surface area (TPSA) is 26.3 Å². The Morgan fingerprint density at radius 2 is 1.62 bits per heavy atom. The van der Waals surface area contributed by atoms with Crippen LogP contribution in [0.5, 0.6) is 5.75 Å². The summed E-state index contributed by atoms with van der Waals surface area (Å²) in [5, 5.41) is 0. The van der Waals surface area contributed by atoms with Gasteiger partial charge in [-0.25, -0.2) is 0 Å². The minimum Gasteiger partial charge on any atom is -0.490 e. The summed E-state index contributed by atoms with van der Waals surface area (Å²) >= 11 is 0. The molecule has 2 nitrogen and oxygen atoms in total. The minimum atomic E-state index is 0.323. The highest BCUT2D eigenvalue weighted by Gasteiger charge is 2.16. The summed E-state index contributed by atoms with van der Waals surface area (Å²) in [5.74, 6) is 1.28. The summed E-state index contributed by atoms with van der Waals surface area (Å²) in [4.78, 5) is 11.8. The van der Waals surface area contributed by atoms with Gasteiger partial charge in [-0.3, -0.25) is 4.79 Å². The number of carbonyl (C=O) groups excluding carboxylic acids is 1. The van der Waals surface area contributed by atoms with Crippen LogP contribution in [-0.2, 0) is 4.79 Å². The smallest absolute Gasteiger partial charge is 0.158 e. The number of carbonyl (C=O) groups is 1. The van der Waals surface area contributed by atoms with Crippen molar-refractivity contribution in [2.45, 2.75) is 63.9 Å². The van der Waals surface area contributed by atoms with Gasteiger partial charge in [-0.05, 0) is 74.3 Å². The van der Waals surface area contributed by atoms with Gasteiger partial charge >= 0.3 is 0 Å². The lowest BCUT2D eigenvalue weighted by Gasteiger charge is -2.23. The highest BCUT2D eigenvalue weighted by molar-refractivity contribution is 6.00. The van der Waals surface area contributed by atoms with Crippen molar-refractivity contribution in [2.24, 2.45) is 0 Å². The molecule has 1 aromatic rings. The van der Waals surface area contributed by atoms with Gasteiger partial charge in [-0.2, -0.15) is 0 Å². The van der Waals surface area contributed by atoms with E-state index in [2.05, 4.69) is 12.1 Å². The molecule has 0 heterocycles. The Hall–Kier alpha value is -1.57. The summed E-state index contributed by atoms with van der Waals surface area (Å²) in [5.41, 5.74) is 2.10. The molecule has 0 radical (unpaired) electrons. The molecule has 0 aromatic heterocycles. The van der Waals surface area contributed by atoms with Crippen LogP contribution in [0, 0.1) is 0 Å². The lowest BCUT2D eigenvalue weighted by Crippen LogP contribution is -2.19. The second-order valence-electron chi connectivity index (χ2n) is 6.25. The van der Waals surface area contributed by atoms with E-state index in [-0.39, 0.29) is 0 Å². The van der Waals surface area contributed by atoms with E-state index < -0.39 is 0 Å². The number of Topliss-reactive ketones (excluding diaryl/α,β-unsaturated/α-hetero) is 1. The standard InChI is InChI=1S/C19H24O2/c20-19-9-5-4-6-16(19)14-15-10-12-18(13-11-15)21-17-7-2-1-3-8-17/h10-14,17H,1-9H2/b16-14+. The van der Waals surface area contributed by atoms with Gasteiger partial charge in [0.05, 0.1) is 6.10 Å². The van der Waals surface area contributed by atoms with E-state index in [0.717, 1.165) is 36.1 Å². The van der Waals surface area contributed by atoms with Crippen LogP contribution in [0.25, 0.3) is 6.08 Å². The fraction of sp³-hybridized carbons (Fsp3) is 0.526. The summed E-state index contributed by atoms with van der Waals surface area (Å²) in [6, 6.07) is 8.20. The Morgan fingerprint density at radius 3 is 2.33 bits per heavy atom. The summed E-state index contributed by atoms with van der Waals surface area (Å²) in [7, 11) is 0. The van der Waals surface area contributed by atoms with Gasteiger partial charge in [0.25, 0.3) is 0 Å². The predicted molar refractivity (Wildman–Crippen MR) is 85.4 cm³/mol. The summed E-state index contributed by atoms with van der Waals surface area (Å²) in [6.45, 7) is 0. The number of ketones is 1. The van der Waals surface area contributed by atoms with Gasteiger partial charge in [-0.1, -0.05) is 18.6 Å². The molecule has 112 valence electrons. The third-order valence-corrected chi connectivity index (χ3v) is 4.53. The lowest BCUT2D eigenvalue weighted by molar-refractivity contribution is -0.116. The number of rotatable bonds is 3. The Balaban J connectivity index is 1.63. The molecule has 0 saturated heterocycles. The van der Waals surface area contributed by atoms with Crippen molar-refractivity contribution in [3.63, 3.8) is 0 Å². The van der Waals surface area contributed by atoms with E-state index in [4.69, 9.17) is 4.74 Å². The Labute approximate surface area is 127 Å². The predicted octanol–water partition coefficient (Wildman–Crippen LogP) is 4.92. The molecule has 2 heteroatoms. The van der Waals surface area contributed by atoms with Crippen LogP contribution in [0.2, 0.25) is 0 Å². The first kappa shape index (κ1) is 14.4. The van der Waals surface area contributed by atoms with Gasteiger partial charge in [0.15, 0.2) is 5.78 Å². The van der Waals surface area contributed by atoms with Crippen molar-refractivity contribution in [3.05, 3.63) is 35.4 Å². The molecular weight excluding hydrogens is 260 g/mol. The normalized spacial score (nSPS) is 22.5. The van der Waals surface area contributed by atoms with E-state index in [9.17, 15) is 4.79 Å². The Bertz CT molecular complexity index is 507. The molecule has 0 amide bonds. The molecule has 0 atom stereocenters. The van der Waals surface area contributed by atoms with Crippen LogP contribution in [0.3, 0.4) is 0 Å². The van der Waals surface area contributed by atoms with E-state index in [0.29, 0.717) is 18.3 Å². The maximum absolute atomic E-state index is 11.8. The SMILES string of the molecule is O=C1CCCC/C1=C\c1ccc(OC2CCCCC2)cc1. The zero-order valence-electron chi connectivity index (χ0n) is 12.6. The molecule has 0 bridgehead atoms. The second kappa shape index (κ2) is 6.93. The third-order valence-electron chi connectivity index (χ3n) is 4.53. The first-order valence-electron chi connectivity index (χ1n) is 8.32. The highest BCUT2D eigenvalue weighted by Crippen LogP contribution is 2.25. The highest BCUT2D eigenvalue weighted by atomic mass is 16.5. The molecule has 0 spiro atoms. The van der Waals surface area contributed by atoms with Gasteiger partial charge < -0.3 is 4.74 Å². The fourth-order valence-electron chi connectivity index (χ4n) is 3.27. The zero-order valence-corrected chi connectivity index (χ0v) is 12.6. The zero-order chi connectivity index (χ0) is 14.5. The van der Waals surface area contributed by atoms with Crippen LogP contribution >= 0.6 is 0 Å². The van der Waals surface area contributed by atoms with Crippen LogP contribution in [0.15, 0.2) is 29.8 Å². The van der Waals surface area contributed by atoms with Crippen LogP contribution < -0.4 is 4.74 Å². The second-order valence-corrected chi connectivity index (χ2v) is 6.25. The van der Waals surface area contributed by atoms with Gasteiger partial charge in [-0.15, -0.1) is 0 Å². The molecule has 0 N–H and O–H groups in total. The van der Waals surface area contributed by atoms with Crippen LogP contribution in [0.1, 0.15) is 63.4 Å². The van der Waals surface area contributed by atoms with Gasteiger partial charge in [0, 0.05) is 6.42 Å². The summed E-state index contributed by atoms with van der Waals surface area (Å²) < 4.78 is 6.03. The number of hydrogen-bond donors (Lipinski definition) is 0. The van der Waals surface area contributed by atoms with Crippen molar-refractivity contribution in [3.8, 4) is 5.75 Å². The van der Waals surface area contributed by atoms with Crippen molar-refractivity contribution in [1.29, 1.82) is 0 Å². The maximum atomic E-state index is 11.8. The molecule has 2 saturated carbocycles. The van der Waals surface area contributed by atoms with Crippen molar-refractivity contribution >= 4 is 11.9 Å². The lowest BCUT2D eigenvalue weighted by atomic mass is 9.92. The van der Waals surface area contributed by atoms with E-state index in [1.807, 2.05) is 18.2 Å². The maximum Gasteiger partial charge on any atom is 0.158 e. The van der Waals surface area contributed by atoms with Crippen molar-refractivity contribution in [2.75, 3.05) is 0 Å². The van der Waals surface area contributed by atoms with Gasteiger partial charge in [0.2, 0.25) is 0 Å². The third kappa shape index (κ3) is 3.96. The molecule has 2 fully saturated rings. The largest absolute Gasteiger partial charge is 0.490 e. The Morgan fingerprint density at radius 1 is 0.905 bits per heavy atom. The number of hydrogen-bond acceptors (Lipinski definition) is 2. The monoisotopic (exact) mass is 284 g/mol. The number of benzene rings is 1. The minimum absolute atomic E-state index is 0.323.